The van der Waals surface area contributed by atoms with Crippen molar-refractivity contribution in [2.75, 3.05) is 0 Å². The van der Waals surface area contributed by atoms with E-state index in [0.717, 1.165) is 17.8 Å². The second-order valence-corrected chi connectivity index (χ2v) is 7.72. The van der Waals surface area contributed by atoms with Gasteiger partial charge in [-0.1, -0.05) is 86.0 Å². The molecule has 0 radical (unpaired) electrons. The highest BCUT2D eigenvalue weighted by atomic mass is 16.2. The van der Waals surface area contributed by atoms with E-state index in [2.05, 4.69) is 34.6 Å². The summed E-state index contributed by atoms with van der Waals surface area (Å²) in [5, 5.41) is 8.72. The van der Waals surface area contributed by atoms with Crippen LogP contribution in [0.3, 0.4) is 0 Å². The molecule has 0 aromatic carbocycles. The highest BCUT2D eigenvalue weighted by Gasteiger charge is 2.07. The van der Waals surface area contributed by atoms with Crippen LogP contribution >= 0.6 is 0 Å². The zero-order valence-corrected chi connectivity index (χ0v) is 15.3. The monoisotopic (exact) mass is 296 g/mol. The van der Waals surface area contributed by atoms with Gasteiger partial charge in [0, 0.05) is 0 Å². The zero-order valence-electron chi connectivity index (χ0n) is 15.3. The van der Waals surface area contributed by atoms with E-state index in [0.29, 0.717) is 5.92 Å². The molecule has 0 aromatic heterocycles. The SMILES string of the molecule is CC(C)CCC[C@H](C)CCC[C@H](C)CCC[C@@H](C)/C=C/O. The van der Waals surface area contributed by atoms with Crippen molar-refractivity contribution in [3.05, 3.63) is 12.3 Å². The molecule has 1 N–H and O–H groups in total. The predicted molar refractivity (Wildman–Crippen MR) is 95.7 cm³/mol. The van der Waals surface area contributed by atoms with Gasteiger partial charge in [0.05, 0.1) is 6.26 Å². The molecule has 21 heavy (non-hydrogen) atoms. The van der Waals surface area contributed by atoms with Gasteiger partial charge in [-0.15, -0.1) is 0 Å². The molecule has 0 rings (SSSR count). The van der Waals surface area contributed by atoms with Crippen molar-refractivity contribution in [1.82, 2.24) is 0 Å². The largest absolute Gasteiger partial charge is 0.516 e. The van der Waals surface area contributed by atoms with E-state index in [1.54, 1.807) is 0 Å². The van der Waals surface area contributed by atoms with Crippen LogP contribution in [-0.2, 0) is 0 Å². The van der Waals surface area contributed by atoms with Gasteiger partial charge in [-0.25, -0.2) is 0 Å². The summed E-state index contributed by atoms with van der Waals surface area (Å²) < 4.78 is 0. The van der Waals surface area contributed by atoms with Crippen molar-refractivity contribution in [2.24, 2.45) is 23.7 Å². The van der Waals surface area contributed by atoms with Gasteiger partial charge in [-0.3, -0.25) is 0 Å². The summed E-state index contributed by atoms with van der Waals surface area (Å²) in [6.07, 6.45) is 15.3. The molecule has 1 heteroatoms. The summed E-state index contributed by atoms with van der Waals surface area (Å²) in [6, 6.07) is 0. The average molecular weight is 297 g/mol. The molecule has 0 aliphatic rings. The van der Waals surface area contributed by atoms with Gasteiger partial charge < -0.3 is 5.11 Å². The maximum atomic E-state index is 8.72. The van der Waals surface area contributed by atoms with Crippen LogP contribution in [0, 0.1) is 23.7 Å². The highest BCUT2D eigenvalue weighted by molar-refractivity contribution is 4.78. The van der Waals surface area contributed by atoms with Crippen LogP contribution in [0.1, 0.15) is 92.4 Å². The Morgan fingerprint density at radius 3 is 1.52 bits per heavy atom. The third-order valence-corrected chi connectivity index (χ3v) is 4.64. The molecule has 0 spiro atoms. The Balaban J connectivity index is 3.49. The Labute approximate surface area is 134 Å². The Hall–Kier alpha value is -0.460. The van der Waals surface area contributed by atoms with Crippen LogP contribution in [0.15, 0.2) is 12.3 Å². The maximum absolute atomic E-state index is 8.72. The second-order valence-electron chi connectivity index (χ2n) is 7.72. The van der Waals surface area contributed by atoms with Crippen molar-refractivity contribution in [1.29, 1.82) is 0 Å². The fourth-order valence-corrected chi connectivity index (χ4v) is 3.01. The molecule has 126 valence electrons. The number of hydrogen-bond acceptors (Lipinski definition) is 1. The summed E-state index contributed by atoms with van der Waals surface area (Å²) in [7, 11) is 0. The van der Waals surface area contributed by atoms with E-state index in [-0.39, 0.29) is 0 Å². The molecule has 0 amide bonds. The molecule has 1 nitrogen and oxygen atoms in total. The molecular formula is C20H40O. The Morgan fingerprint density at radius 2 is 1.10 bits per heavy atom. The van der Waals surface area contributed by atoms with E-state index in [4.69, 9.17) is 5.11 Å². The lowest BCUT2D eigenvalue weighted by Crippen LogP contribution is -2.01. The first-order valence-electron chi connectivity index (χ1n) is 9.26. The maximum Gasteiger partial charge on any atom is 0.0754 e. The normalized spacial score (nSPS) is 16.5. The quantitative estimate of drug-likeness (QED) is 0.358. The summed E-state index contributed by atoms with van der Waals surface area (Å²) in [5.41, 5.74) is 0. The lowest BCUT2D eigenvalue weighted by Gasteiger charge is -2.15. The number of aliphatic hydroxyl groups excluding tert-OH is 1. The molecule has 0 fully saturated rings. The summed E-state index contributed by atoms with van der Waals surface area (Å²) in [5.74, 6) is 3.15. The molecule has 0 aromatic rings. The minimum absolute atomic E-state index is 0.517. The van der Waals surface area contributed by atoms with Crippen molar-refractivity contribution in [3.63, 3.8) is 0 Å². The Bertz CT molecular complexity index is 244. The molecule has 0 aliphatic carbocycles. The van der Waals surface area contributed by atoms with Crippen LogP contribution in [0.25, 0.3) is 0 Å². The van der Waals surface area contributed by atoms with Gasteiger partial charge in [0.2, 0.25) is 0 Å². The molecule has 3 atom stereocenters. The third kappa shape index (κ3) is 14.2. The summed E-state index contributed by atoms with van der Waals surface area (Å²) in [6.45, 7) is 11.6. The van der Waals surface area contributed by atoms with Crippen LogP contribution in [-0.4, -0.2) is 5.11 Å². The van der Waals surface area contributed by atoms with Crippen molar-refractivity contribution >= 4 is 0 Å². The van der Waals surface area contributed by atoms with Crippen LogP contribution < -0.4 is 0 Å². The van der Waals surface area contributed by atoms with Crippen molar-refractivity contribution < 1.29 is 5.11 Å². The van der Waals surface area contributed by atoms with E-state index in [9.17, 15) is 0 Å². The first-order chi connectivity index (χ1) is 9.95. The smallest absolute Gasteiger partial charge is 0.0754 e. The molecule has 0 saturated carbocycles. The molecule has 0 aliphatic heterocycles. The zero-order chi connectivity index (χ0) is 16.1. The van der Waals surface area contributed by atoms with Gasteiger partial charge in [0.15, 0.2) is 0 Å². The third-order valence-electron chi connectivity index (χ3n) is 4.64. The van der Waals surface area contributed by atoms with Gasteiger partial charge in [0.1, 0.15) is 0 Å². The number of aliphatic hydroxyl groups is 1. The fourth-order valence-electron chi connectivity index (χ4n) is 3.01. The lowest BCUT2D eigenvalue weighted by molar-refractivity contribution is 0.382. The van der Waals surface area contributed by atoms with Gasteiger partial charge in [-0.2, -0.15) is 0 Å². The van der Waals surface area contributed by atoms with E-state index < -0.39 is 0 Å². The summed E-state index contributed by atoms with van der Waals surface area (Å²) >= 11 is 0. The molecule has 0 unspecified atom stereocenters. The predicted octanol–water partition coefficient (Wildman–Crippen LogP) is 7.13. The molecule has 0 saturated heterocycles. The topological polar surface area (TPSA) is 20.2 Å². The Morgan fingerprint density at radius 1 is 0.667 bits per heavy atom. The number of allylic oxidation sites excluding steroid dienone is 1. The average Bonchev–Trinajstić information content (AvgIpc) is 2.38. The minimum atomic E-state index is 0.517. The van der Waals surface area contributed by atoms with E-state index in [1.165, 1.54) is 64.0 Å². The number of rotatable bonds is 13. The minimum Gasteiger partial charge on any atom is -0.516 e. The molecule has 0 bridgehead atoms. The van der Waals surface area contributed by atoms with E-state index >= 15 is 0 Å². The standard InChI is InChI=1S/C20H40O/c1-17(2)9-6-10-18(3)11-7-12-19(4)13-8-14-20(5)15-16-21/h15-21H,6-14H2,1-5H3/b16-15+/t18-,19-,20+/m0/s1. The molecular weight excluding hydrogens is 256 g/mol. The Kier molecular flexibility index (Phi) is 12.9. The van der Waals surface area contributed by atoms with Crippen LogP contribution in [0.4, 0.5) is 0 Å². The van der Waals surface area contributed by atoms with Crippen molar-refractivity contribution in [2.45, 2.75) is 92.4 Å². The van der Waals surface area contributed by atoms with Crippen LogP contribution in [0.2, 0.25) is 0 Å². The van der Waals surface area contributed by atoms with Gasteiger partial charge in [-0.05, 0) is 36.2 Å². The van der Waals surface area contributed by atoms with Gasteiger partial charge in [0.25, 0.3) is 0 Å². The van der Waals surface area contributed by atoms with E-state index in [1.807, 2.05) is 6.08 Å². The summed E-state index contributed by atoms with van der Waals surface area (Å²) in [4.78, 5) is 0. The second kappa shape index (κ2) is 13.2. The first kappa shape index (κ1) is 20.5. The molecule has 0 heterocycles. The fraction of sp³-hybridized carbons (Fsp3) is 0.900. The van der Waals surface area contributed by atoms with Crippen LogP contribution in [0.5, 0.6) is 0 Å². The highest BCUT2D eigenvalue weighted by Crippen LogP contribution is 2.22. The lowest BCUT2D eigenvalue weighted by atomic mass is 9.91. The van der Waals surface area contributed by atoms with Crippen molar-refractivity contribution in [3.8, 4) is 0 Å². The van der Waals surface area contributed by atoms with Gasteiger partial charge >= 0.3 is 0 Å². The first-order valence-corrected chi connectivity index (χ1v) is 9.26. The number of hydrogen-bond donors (Lipinski definition) is 1.